The SMILES string of the molecule is Cc1cn2nc(-c3cccc(-c4cccc(-c5cc6c(=O)n(CCN7CCCC7CCO)c(C)cn6n5)c4Cl)c3Cl)cc2c(=O)n1CCN1CCCC1CCO. The molecule has 12 nitrogen and oxygen atoms in total. The fraction of sp³-hybridized carbons (Fsp3) is 0.429. The molecule has 6 aromatic rings. The van der Waals surface area contributed by atoms with E-state index in [0.29, 0.717) is 79.9 Å². The van der Waals surface area contributed by atoms with E-state index in [1.54, 1.807) is 30.3 Å². The second-order valence-electron chi connectivity index (χ2n) is 15.2. The number of likely N-dealkylation sites (tertiary alicyclic amines) is 2. The van der Waals surface area contributed by atoms with Crippen LogP contribution in [0.2, 0.25) is 10.0 Å². The van der Waals surface area contributed by atoms with E-state index < -0.39 is 0 Å². The van der Waals surface area contributed by atoms with Crippen LogP contribution in [-0.2, 0) is 13.1 Å². The standard InChI is InChI=1S/C42H48Cl2N8O4/c1-27-25-51-37(41(55)49(27)19-17-47-15-5-7-29(47)13-21-53)23-35(45-51)33-11-3-9-31(39(33)43)32-10-4-12-34(40(32)44)36-24-38-42(56)50(28(2)26-52(38)46-36)20-18-48-16-6-8-30(48)14-22-54/h3-4,9-12,23-26,29-30,53-54H,5-8,13-22H2,1-2H3. The highest BCUT2D eigenvalue weighted by atomic mass is 35.5. The molecule has 0 spiro atoms. The molecule has 56 heavy (non-hydrogen) atoms. The smallest absolute Gasteiger partial charge is 0.276 e. The zero-order valence-corrected chi connectivity index (χ0v) is 33.4. The summed E-state index contributed by atoms with van der Waals surface area (Å²) in [5.41, 5.74) is 6.21. The first-order chi connectivity index (χ1) is 27.2. The lowest BCUT2D eigenvalue weighted by Crippen LogP contribution is -2.36. The summed E-state index contributed by atoms with van der Waals surface area (Å²) in [7, 11) is 0. The van der Waals surface area contributed by atoms with Crippen molar-refractivity contribution in [3.63, 3.8) is 0 Å². The van der Waals surface area contributed by atoms with Crippen LogP contribution in [0.3, 0.4) is 0 Å². The minimum atomic E-state index is -0.114. The Hall–Kier alpha value is -4.30. The maximum Gasteiger partial charge on any atom is 0.276 e. The predicted molar refractivity (Wildman–Crippen MR) is 221 cm³/mol. The Morgan fingerprint density at radius 1 is 0.643 bits per heavy atom. The largest absolute Gasteiger partial charge is 0.396 e. The summed E-state index contributed by atoms with van der Waals surface area (Å²) in [5, 5.41) is 29.4. The van der Waals surface area contributed by atoms with Gasteiger partial charge in [-0.25, -0.2) is 9.03 Å². The molecule has 2 aromatic carbocycles. The first-order valence-corrected chi connectivity index (χ1v) is 20.4. The number of nitrogens with zero attached hydrogens (tertiary/aromatic N) is 8. The van der Waals surface area contributed by atoms with Gasteiger partial charge in [0.05, 0.1) is 21.4 Å². The van der Waals surface area contributed by atoms with Crippen molar-refractivity contribution in [2.45, 2.75) is 77.5 Å². The summed E-state index contributed by atoms with van der Waals surface area (Å²) in [6, 6.07) is 15.7. The summed E-state index contributed by atoms with van der Waals surface area (Å²) in [4.78, 5) is 32.3. The van der Waals surface area contributed by atoms with Crippen LogP contribution >= 0.6 is 23.2 Å². The third-order valence-corrected chi connectivity index (χ3v) is 12.7. The average molecular weight is 800 g/mol. The lowest BCUT2D eigenvalue weighted by atomic mass is 9.98. The van der Waals surface area contributed by atoms with Crippen LogP contribution in [0.15, 0.2) is 70.5 Å². The molecule has 0 radical (unpaired) electrons. The Morgan fingerprint density at radius 2 is 1.05 bits per heavy atom. The quantitative estimate of drug-likeness (QED) is 0.148. The second-order valence-corrected chi connectivity index (χ2v) is 16.0. The number of fused-ring (bicyclic) bond motifs is 2. The van der Waals surface area contributed by atoms with Crippen LogP contribution in [0.25, 0.3) is 44.7 Å². The molecule has 0 aliphatic carbocycles. The maximum absolute atomic E-state index is 13.8. The molecule has 2 N–H and O–H groups in total. The average Bonchev–Trinajstić information content (AvgIpc) is 4.00. The van der Waals surface area contributed by atoms with Gasteiger partial charge in [-0.05, 0) is 77.6 Å². The lowest BCUT2D eigenvalue weighted by molar-refractivity contribution is 0.190. The van der Waals surface area contributed by atoms with E-state index in [9.17, 15) is 19.8 Å². The van der Waals surface area contributed by atoms with Crippen LogP contribution in [0, 0.1) is 13.8 Å². The Balaban J connectivity index is 1.07. The van der Waals surface area contributed by atoms with Gasteiger partial charge in [-0.2, -0.15) is 10.2 Å². The van der Waals surface area contributed by atoms with E-state index in [2.05, 4.69) is 9.80 Å². The molecular weight excluding hydrogens is 751 g/mol. The number of aromatic nitrogens is 6. The summed E-state index contributed by atoms with van der Waals surface area (Å²) < 4.78 is 6.87. The number of aliphatic hydroxyl groups is 2. The van der Waals surface area contributed by atoms with Crippen LogP contribution in [0.5, 0.6) is 0 Å². The highest BCUT2D eigenvalue weighted by molar-refractivity contribution is 6.39. The number of benzene rings is 2. The fourth-order valence-electron chi connectivity index (χ4n) is 8.88. The Morgan fingerprint density at radius 3 is 1.46 bits per heavy atom. The van der Waals surface area contributed by atoms with Crippen molar-refractivity contribution in [1.82, 2.24) is 38.2 Å². The summed E-state index contributed by atoms with van der Waals surface area (Å²) in [6.45, 7) is 8.75. The van der Waals surface area contributed by atoms with Crippen molar-refractivity contribution in [3.05, 3.63) is 103 Å². The van der Waals surface area contributed by atoms with Gasteiger partial charge in [0.2, 0.25) is 0 Å². The van der Waals surface area contributed by atoms with Crippen molar-refractivity contribution in [3.8, 4) is 33.6 Å². The molecule has 8 rings (SSSR count). The first kappa shape index (κ1) is 38.6. The zero-order valence-electron chi connectivity index (χ0n) is 31.9. The van der Waals surface area contributed by atoms with Gasteiger partial charge >= 0.3 is 0 Å². The van der Waals surface area contributed by atoms with Gasteiger partial charge in [-0.3, -0.25) is 19.4 Å². The van der Waals surface area contributed by atoms with Crippen LogP contribution in [0.1, 0.15) is 49.9 Å². The molecule has 6 heterocycles. The van der Waals surface area contributed by atoms with E-state index in [-0.39, 0.29) is 24.3 Å². The van der Waals surface area contributed by atoms with Gasteiger partial charge in [-0.1, -0.05) is 59.6 Å². The number of aliphatic hydroxyl groups excluding tert-OH is 2. The number of halogens is 2. The lowest BCUT2D eigenvalue weighted by Gasteiger charge is -2.24. The Bertz CT molecular complexity index is 2350. The molecule has 2 fully saturated rings. The predicted octanol–water partition coefficient (Wildman–Crippen LogP) is 5.92. The van der Waals surface area contributed by atoms with E-state index in [1.807, 2.05) is 62.6 Å². The molecule has 0 bridgehead atoms. The van der Waals surface area contributed by atoms with Gasteiger partial charge in [0.1, 0.15) is 11.0 Å². The molecule has 0 amide bonds. The Kier molecular flexibility index (Phi) is 11.2. The molecular formula is C42H48Cl2N8O4. The normalized spacial score (nSPS) is 18.0. The molecule has 14 heteroatoms. The van der Waals surface area contributed by atoms with Gasteiger partial charge < -0.3 is 19.3 Å². The molecule has 294 valence electrons. The summed E-state index contributed by atoms with van der Waals surface area (Å²) in [6.07, 6.45) is 9.62. The van der Waals surface area contributed by atoms with Gasteiger partial charge in [0, 0.05) is 97.5 Å². The van der Waals surface area contributed by atoms with Crippen LogP contribution in [-0.4, -0.2) is 99.9 Å². The monoisotopic (exact) mass is 798 g/mol. The second kappa shape index (κ2) is 16.3. The number of hydrogen-bond acceptors (Lipinski definition) is 8. The third-order valence-electron chi connectivity index (χ3n) is 11.9. The number of rotatable bonds is 13. The highest BCUT2D eigenvalue weighted by Crippen LogP contribution is 2.42. The van der Waals surface area contributed by atoms with Crippen molar-refractivity contribution >= 4 is 34.2 Å². The molecule has 2 saturated heterocycles. The van der Waals surface area contributed by atoms with E-state index in [1.165, 1.54) is 0 Å². The number of hydrogen-bond donors (Lipinski definition) is 2. The number of aryl methyl sites for hydroxylation is 2. The van der Waals surface area contributed by atoms with Gasteiger partial charge in [-0.15, -0.1) is 0 Å². The zero-order chi connectivity index (χ0) is 39.1. The minimum Gasteiger partial charge on any atom is -0.396 e. The molecule has 2 aliphatic rings. The van der Waals surface area contributed by atoms with Crippen molar-refractivity contribution < 1.29 is 10.2 Å². The van der Waals surface area contributed by atoms with E-state index >= 15 is 0 Å². The summed E-state index contributed by atoms with van der Waals surface area (Å²) in [5.74, 6) is 0. The van der Waals surface area contributed by atoms with Crippen LogP contribution in [0.4, 0.5) is 0 Å². The van der Waals surface area contributed by atoms with Gasteiger partial charge in [0.25, 0.3) is 11.1 Å². The van der Waals surface area contributed by atoms with Crippen molar-refractivity contribution in [1.29, 1.82) is 0 Å². The summed E-state index contributed by atoms with van der Waals surface area (Å²) >= 11 is 14.3. The van der Waals surface area contributed by atoms with Crippen molar-refractivity contribution in [2.75, 3.05) is 39.4 Å². The fourth-order valence-corrected chi connectivity index (χ4v) is 9.53. The van der Waals surface area contributed by atoms with Crippen LogP contribution < -0.4 is 11.1 Å². The topological polar surface area (TPSA) is 126 Å². The van der Waals surface area contributed by atoms with Gasteiger partial charge in [0.15, 0.2) is 0 Å². The first-order valence-electron chi connectivity index (χ1n) is 19.6. The molecule has 2 atom stereocenters. The minimum absolute atomic E-state index is 0.114. The van der Waals surface area contributed by atoms with E-state index in [0.717, 1.165) is 76.1 Å². The highest BCUT2D eigenvalue weighted by Gasteiger charge is 2.26. The molecule has 0 saturated carbocycles. The third kappa shape index (κ3) is 7.23. The maximum atomic E-state index is 13.8. The Labute approximate surface area is 335 Å². The molecule has 4 aromatic heterocycles. The molecule has 2 aliphatic heterocycles. The van der Waals surface area contributed by atoms with E-state index in [4.69, 9.17) is 33.4 Å². The molecule has 2 unspecified atom stereocenters. The van der Waals surface area contributed by atoms with Crippen molar-refractivity contribution in [2.24, 2.45) is 0 Å².